The van der Waals surface area contributed by atoms with Crippen LogP contribution in [0.2, 0.25) is 5.02 Å². The third-order valence-corrected chi connectivity index (χ3v) is 3.26. The Hall–Kier alpha value is -2.40. The Morgan fingerprint density at radius 2 is 1.90 bits per heavy atom. The van der Waals surface area contributed by atoms with Crippen molar-refractivity contribution in [2.75, 3.05) is 0 Å². The first kappa shape index (κ1) is 15.0. The van der Waals surface area contributed by atoms with Crippen molar-refractivity contribution < 1.29 is 14.5 Å². The minimum atomic E-state index is -0.694. The number of hydrogen-bond donors (Lipinski definition) is 0. The highest BCUT2D eigenvalue weighted by molar-refractivity contribution is 6.33. The van der Waals surface area contributed by atoms with Crippen molar-refractivity contribution in [3.63, 3.8) is 0 Å². The number of benzene rings is 2. The summed E-state index contributed by atoms with van der Waals surface area (Å²) in [5.74, 6) is -0.694. The lowest BCUT2D eigenvalue weighted by Gasteiger charge is -2.14. The molecule has 0 aliphatic carbocycles. The quantitative estimate of drug-likeness (QED) is 0.483. The number of nitro benzene ring substituents is 1. The van der Waals surface area contributed by atoms with Crippen LogP contribution in [-0.2, 0) is 4.74 Å². The molecule has 0 saturated carbocycles. The Kier molecular flexibility index (Phi) is 4.55. The lowest BCUT2D eigenvalue weighted by atomic mass is 10.1. The van der Waals surface area contributed by atoms with E-state index in [4.69, 9.17) is 16.3 Å². The second kappa shape index (κ2) is 6.37. The summed E-state index contributed by atoms with van der Waals surface area (Å²) in [6, 6.07) is 12.8. The van der Waals surface area contributed by atoms with E-state index < -0.39 is 17.0 Å². The highest BCUT2D eigenvalue weighted by Gasteiger charge is 2.19. The first-order valence-corrected chi connectivity index (χ1v) is 6.56. The minimum Gasteiger partial charge on any atom is -0.454 e. The van der Waals surface area contributed by atoms with Gasteiger partial charge in [-0.2, -0.15) is 0 Å². The average molecular weight is 306 g/mol. The van der Waals surface area contributed by atoms with E-state index in [-0.39, 0.29) is 16.3 Å². The topological polar surface area (TPSA) is 69.4 Å². The number of non-ortho nitro benzene ring substituents is 1. The van der Waals surface area contributed by atoms with Crippen LogP contribution >= 0.6 is 11.6 Å². The standard InChI is InChI=1S/C15H12ClNO4/c1-10(11-5-3-2-4-6-11)21-15(18)13-9-12(17(19)20)7-8-14(13)16/h2-10H,1H3. The highest BCUT2D eigenvalue weighted by atomic mass is 35.5. The van der Waals surface area contributed by atoms with Gasteiger partial charge in [0.2, 0.25) is 0 Å². The summed E-state index contributed by atoms with van der Waals surface area (Å²) in [5.41, 5.74) is 0.597. The summed E-state index contributed by atoms with van der Waals surface area (Å²) >= 11 is 5.90. The van der Waals surface area contributed by atoms with Crippen molar-refractivity contribution in [2.45, 2.75) is 13.0 Å². The van der Waals surface area contributed by atoms with E-state index in [1.165, 1.54) is 12.1 Å². The van der Waals surface area contributed by atoms with Crippen molar-refractivity contribution in [3.05, 3.63) is 74.8 Å². The number of esters is 1. The molecule has 21 heavy (non-hydrogen) atoms. The van der Waals surface area contributed by atoms with Gasteiger partial charge in [0.15, 0.2) is 0 Å². The zero-order valence-electron chi connectivity index (χ0n) is 11.2. The number of halogens is 1. The van der Waals surface area contributed by atoms with E-state index in [9.17, 15) is 14.9 Å². The molecule has 0 amide bonds. The molecular formula is C15H12ClNO4. The predicted octanol–water partition coefficient (Wildman–Crippen LogP) is 4.17. The minimum absolute atomic E-state index is 0.0198. The third kappa shape index (κ3) is 3.58. The van der Waals surface area contributed by atoms with Gasteiger partial charge < -0.3 is 4.74 Å². The van der Waals surface area contributed by atoms with Crippen LogP contribution in [0.15, 0.2) is 48.5 Å². The normalized spacial score (nSPS) is 11.7. The maximum absolute atomic E-state index is 12.1. The molecule has 0 aliphatic rings. The van der Waals surface area contributed by atoms with Crippen molar-refractivity contribution in [1.29, 1.82) is 0 Å². The number of nitro groups is 1. The van der Waals surface area contributed by atoms with E-state index in [0.717, 1.165) is 11.6 Å². The van der Waals surface area contributed by atoms with Crippen LogP contribution in [0, 0.1) is 10.1 Å². The molecule has 0 aromatic heterocycles. The summed E-state index contributed by atoms with van der Waals surface area (Å²) in [4.78, 5) is 22.2. The van der Waals surface area contributed by atoms with Gasteiger partial charge >= 0.3 is 5.97 Å². The Morgan fingerprint density at radius 1 is 1.24 bits per heavy atom. The number of hydrogen-bond acceptors (Lipinski definition) is 4. The van der Waals surface area contributed by atoms with Gasteiger partial charge in [0.1, 0.15) is 6.10 Å². The van der Waals surface area contributed by atoms with Crippen molar-refractivity contribution >= 4 is 23.3 Å². The number of rotatable bonds is 4. The molecule has 0 bridgehead atoms. The summed E-state index contributed by atoms with van der Waals surface area (Å²) in [6.45, 7) is 1.72. The molecule has 0 aliphatic heterocycles. The van der Waals surface area contributed by atoms with Crippen LogP contribution in [-0.4, -0.2) is 10.9 Å². The van der Waals surface area contributed by atoms with Gasteiger partial charge in [-0.1, -0.05) is 41.9 Å². The van der Waals surface area contributed by atoms with Crippen LogP contribution in [0.3, 0.4) is 0 Å². The summed E-state index contributed by atoms with van der Waals surface area (Å²) in [5, 5.41) is 10.9. The van der Waals surface area contributed by atoms with Gasteiger partial charge in [-0.05, 0) is 18.6 Å². The van der Waals surface area contributed by atoms with E-state index in [2.05, 4.69) is 0 Å². The monoisotopic (exact) mass is 305 g/mol. The number of carbonyl (C=O) groups excluding carboxylic acids is 1. The fourth-order valence-electron chi connectivity index (χ4n) is 1.80. The maximum Gasteiger partial charge on any atom is 0.340 e. The molecule has 1 atom stereocenters. The maximum atomic E-state index is 12.1. The lowest BCUT2D eigenvalue weighted by Crippen LogP contribution is -2.10. The predicted molar refractivity (Wildman–Crippen MR) is 78.4 cm³/mol. The van der Waals surface area contributed by atoms with Crippen molar-refractivity contribution in [3.8, 4) is 0 Å². The fraction of sp³-hybridized carbons (Fsp3) is 0.133. The molecule has 2 rings (SSSR count). The Bertz CT molecular complexity index is 673. The average Bonchev–Trinajstić information content (AvgIpc) is 2.48. The first-order chi connectivity index (χ1) is 9.99. The SMILES string of the molecule is CC(OC(=O)c1cc([N+](=O)[O-])ccc1Cl)c1ccccc1. The molecule has 0 spiro atoms. The van der Waals surface area contributed by atoms with Gasteiger partial charge in [-0.3, -0.25) is 10.1 Å². The van der Waals surface area contributed by atoms with Crippen molar-refractivity contribution in [2.24, 2.45) is 0 Å². The van der Waals surface area contributed by atoms with E-state index >= 15 is 0 Å². The zero-order chi connectivity index (χ0) is 15.4. The molecule has 6 heteroatoms. The molecule has 0 heterocycles. The Balaban J connectivity index is 2.21. The van der Waals surface area contributed by atoms with Crippen LogP contribution in [0.1, 0.15) is 28.9 Å². The van der Waals surface area contributed by atoms with Crippen molar-refractivity contribution in [1.82, 2.24) is 0 Å². The summed E-state index contributed by atoms with van der Waals surface area (Å²) < 4.78 is 5.29. The van der Waals surface area contributed by atoms with E-state index in [1.54, 1.807) is 6.92 Å². The van der Waals surface area contributed by atoms with Gasteiger partial charge in [0.05, 0.1) is 15.5 Å². The molecule has 1 unspecified atom stereocenters. The molecule has 2 aromatic rings. The van der Waals surface area contributed by atoms with E-state index in [0.29, 0.717) is 0 Å². The number of ether oxygens (including phenoxy) is 1. The Morgan fingerprint density at radius 3 is 2.52 bits per heavy atom. The first-order valence-electron chi connectivity index (χ1n) is 6.19. The number of nitrogens with zero attached hydrogens (tertiary/aromatic N) is 1. The van der Waals surface area contributed by atoms with Crippen LogP contribution in [0.5, 0.6) is 0 Å². The molecular weight excluding hydrogens is 294 g/mol. The fourth-order valence-corrected chi connectivity index (χ4v) is 1.99. The van der Waals surface area contributed by atoms with Crippen LogP contribution in [0.4, 0.5) is 5.69 Å². The van der Waals surface area contributed by atoms with Crippen LogP contribution in [0.25, 0.3) is 0 Å². The van der Waals surface area contributed by atoms with Gasteiger partial charge in [-0.15, -0.1) is 0 Å². The number of carbonyl (C=O) groups is 1. The van der Waals surface area contributed by atoms with E-state index in [1.807, 2.05) is 30.3 Å². The zero-order valence-corrected chi connectivity index (χ0v) is 11.9. The molecule has 0 radical (unpaired) electrons. The highest BCUT2D eigenvalue weighted by Crippen LogP contribution is 2.25. The Labute approximate surface area is 126 Å². The molecule has 108 valence electrons. The summed E-state index contributed by atoms with van der Waals surface area (Å²) in [7, 11) is 0. The second-order valence-corrected chi connectivity index (χ2v) is 4.79. The van der Waals surface area contributed by atoms with Crippen LogP contribution < -0.4 is 0 Å². The molecule has 0 fully saturated rings. The van der Waals surface area contributed by atoms with Gasteiger partial charge in [0.25, 0.3) is 5.69 Å². The largest absolute Gasteiger partial charge is 0.454 e. The molecule has 0 saturated heterocycles. The van der Waals surface area contributed by atoms with Gasteiger partial charge in [-0.25, -0.2) is 4.79 Å². The third-order valence-electron chi connectivity index (χ3n) is 2.93. The molecule has 0 N–H and O–H groups in total. The molecule has 5 nitrogen and oxygen atoms in total. The van der Waals surface area contributed by atoms with Gasteiger partial charge in [0, 0.05) is 12.1 Å². The second-order valence-electron chi connectivity index (χ2n) is 4.38. The molecule has 2 aromatic carbocycles. The smallest absolute Gasteiger partial charge is 0.340 e. The lowest BCUT2D eigenvalue weighted by molar-refractivity contribution is -0.384. The summed E-state index contributed by atoms with van der Waals surface area (Å²) in [6.07, 6.45) is -0.478.